The smallest absolute Gasteiger partial charge is 0.410 e. The summed E-state index contributed by atoms with van der Waals surface area (Å²) in [6.45, 7) is 3.09. The molecule has 41 heavy (non-hydrogen) atoms. The molecule has 5 rings (SSSR count). The Kier molecular flexibility index (Phi) is 8.05. The molecule has 2 aromatic carbocycles. The Morgan fingerprint density at radius 3 is 2.46 bits per heavy atom. The number of hydrogen-bond acceptors (Lipinski definition) is 7. The molecule has 0 radical (unpaired) electrons. The summed E-state index contributed by atoms with van der Waals surface area (Å²) in [5, 5.41) is 3.26. The van der Waals surface area contributed by atoms with E-state index in [2.05, 4.69) is 5.32 Å². The number of hydrogen-bond donors (Lipinski definition) is 1. The molecule has 0 bridgehead atoms. The standard InChI is InChI=1S/C29H32N4O6S2/c1-4-39-29(36)32-17-15-22-24(18-32)40-27(25(22)28(35)31(2)3)30-26(34)20-11-13-21(14-12-20)41(37,38)33-16-7-9-19-8-5-6-10-23(19)33/h5-6,8,10-14H,4,7,9,15-18H2,1-3H3,(H,30,34). The molecule has 0 aliphatic carbocycles. The van der Waals surface area contributed by atoms with Gasteiger partial charge in [-0.1, -0.05) is 18.2 Å². The molecule has 3 amide bonds. The van der Waals surface area contributed by atoms with Crippen molar-refractivity contribution in [1.82, 2.24) is 9.80 Å². The van der Waals surface area contributed by atoms with Gasteiger partial charge in [-0.3, -0.25) is 13.9 Å². The van der Waals surface area contributed by atoms with E-state index in [0.29, 0.717) is 35.8 Å². The number of anilines is 2. The van der Waals surface area contributed by atoms with Gasteiger partial charge in [-0.05, 0) is 67.6 Å². The number of aryl methyl sites for hydroxylation is 1. The predicted molar refractivity (Wildman–Crippen MR) is 157 cm³/mol. The fourth-order valence-electron chi connectivity index (χ4n) is 5.14. The monoisotopic (exact) mass is 596 g/mol. The Bertz CT molecular complexity index is 1600. The number of carbonyl (C=O) groups is 3. The molecule has 0 spiro atoms. The molecule has 1 aromatic heterocycles. The number of thiophene rings is 1. The molecule has 10 nitrogen and oxygen atoms in total. The molecule has 216 valence electrons. The molecule has 0 fully saturated rings. The van der Waals surface area contributed by atoms with Gasteiger partial charge in [-0.2, -0.15) is 0 Å². The van der Waals surface area contributed by atoms with E-state index < -0.39 is 22.0 Å². The van der Waals surface area contributed by atoms with E-state index in [-0.39, 0.29) is 29.5 Å². The summed E-state index contributed by atoms with van der Waals surface area (Å²) in [5.74, 6) is -0.712. The molecular weight excluding hydrogens is 564 g/mol. The largest absolute Gasteiger partial charge is 0.450 e. The fourth-order valence-corrected chi connectivity index (χ4v) is 7.93. The Labute approximate surface area is 243 Å². The van der Waals surface area contributed by atoms with Crippen LogP contribution in [0.25, 0.3) is 0 Å². The van der Waals surface area contributed by atoms with E-state index >= 15 is 0 Å². The summed E-state index contributed by atoms with van der Waals surface area (Å²) in [7, 11) is -0.523. The van der Waals surface area contributed by atoms with Crippen molar-refractivity contribution in [2.45, 2.75) is 37.6 Å². The molecular formula is C29H32N4O6S2. The second-order valence-electron chi connectivity index (χ2n) is 10.1. The van der Waals surface area contributed by atoms with Gasteiger partial charge in [0.1, 0.15) is 5.00 Å². The quantitative estimate of drug-likeness (QED) is 0.452. The van der Waals surface area contributed by atoms with Crippen molar-refractivity contribution in [2.75, 3.05) is 43.4 Å². The fraction of sp³-hybridized carbons (Fsp3) is 0.345. The lowest BCUT2D eigenvalue weighted by Gasteiger charge is -2.30. The molecule has 1 N–H and O–H groups in total. The first kappa shape index (κ1) is 28.6. The molecule has 2 aliphatic rings. The van der Waals surface area contributed by atoms with Crippen LogP contribution in [0.5, 0.6) is 0 Å². The summed E-state index contributed by atoms with van der Waals surface area (Å²) >= 11 is 1.26. The maximum Gasteiger partial charge on any atom is 0.410 e. The van der Waals surface area contributed by atoms with Crippen molar-refractivity contribution >= 4 is 50.0 Å². The number of rotatable bonds is 6. The molecule has 3 heterocycles. The Morgan fingerprint density at radius 2 is 1.76 bits per heavy atom. The zero-order chi connectivity index (χ0) is 29.3. The second kappa shape index (κ2) is 11.5. The number of fused-ring (bicyclic) bond motifs is 2. The van der Waals surface area contributed by atoms with Crippen molar-refractivity contribution in [1.29, 1.82) is 0 Å². The number of ether oxygens (including phenoxy) is 1. The summed E-state index contributed by atoms with van der Waals surface area (Å²) in [6.07, 6.45) is 1.60. The molecule has 0 saturated carbocycles. The van der Waals surface area contributed by atoms with Gasteiger partial charge < -0.3 is 19.9 Å². The minimum atomic E-state index is -3.81. The van der Waals surface area contributed by atoms with Gasteiger partial charge >= 0.3 is 6.09 Å². The highest BCUT2D eigenvalue weighted by molar-refractivity contribution is 7.92. The van der Waals surface area contributed by atoms with E-state index in [0.717, 1.165) is 28.8 Å². The third-order valence-electron chi connectivity index (χ3n) is 7.20. The molecule has 12 heteroatoms. The Morgan fingerprint density at radius 1 is 1.02 bits per heavy atom. The SMILES string of the molecule is CCOC(=O)N1CCc2c(sc(NC(=O)c3ccc(S(=O)(=O)N4CCCc5ccccc54)cc3)c2C(=O)N(C)C)C1. The first-order valence-corrected chi connectivity index (χ1v) is 15.7. The summed E-state index contributed by atoms with van der Waals surface area (Å²) < 4.78 is 33.5. The van der Waals surface area contributed by atoms with Crippen LogP contribution in [-0.2, 0) is 34.1 Å². The van der Waals surface area contributed by atoms with Gasteiger partial charge in [-0.25, -0.2) is 13.2 Å². The number of para-hydroxylation sites is 1. The van der Waals surface area contributed by atoms with Crippen molar-refractivity contribution in [3.8, 4) is 0 Å². The number of benzene rings is 2. The summed E-state index contributed by atoms with van der Waals surface area (Å²) in [6, 6.07) is 13.3. The van der Waals surface area contributed by atoms with Gasteiger partial charge in [0.2, 0.25) is 0 Å². The number of nitrogens with zero attached hydrogens (tertiary/aromatic N) is 3. The van der Waals surface area contributed by atoms with Crippen LogP contribution in [0.1, 0.15) is 50.1 Å². The molecule has 0 saturated heterocycles. The highest BCUT2D eigenvalue weighted by atomic mass is 32.2. The third kappa shape index (κ3) is 5.53. The van der Waals surface area contributed by atoms with Crippen molar-refractivity contribution in [3.63, 3.8) is 0 Å². The highest BCUT2D eigenvalue weighted by Crippen LogP contribution is 2.38. The van der Waals surface area contributed by atoms with E-state index in [1.54, 1.807) is 25.9 Å². The van der Waals surface area contributed by atoms with Crippen LogP contribution >= 0.6 is 11.3 Å². The Balaban J connectivity index is 1.38. The molecule has 0 unspecified atom stereocenters. The lowest BCUT2D eigenvalue weighted by atomic mass is 10.0. The van der Waals surface area contributed by atoms with Gasteiger partial charge in [0.15, 0.2) is 0 Å². The number of nitrogens with one attached hydrogen (secondary N) is 1. The van der Waals surface area contributed by atoms with Crippen LogP contribution in [-0.4, -0.2) is 69.9 Å². The topological polar surface area (TPSA) is 116 Å². The summed E-state index contributed by atoms with van der Waals surface area (Å²) in [4.78, 5) is 42.6. The zero-order valence-electron chi connectivity index (χ0n) is 23.2. The summed E-state index contributed by atoms with van der Waals surface area (Å²) in [5.41, 5.74) is 3.15. The van der Waals surface area contributed by atoms with Gasteiger partial charge in [0.05, 0.1) is 29.3 Å². The first-order valence-electron chi connectivity index (χ1n) is 13.4. The van der Waals surface area contributed by atoms with Crippen molar-refractivity contribution in [3.05, 3.63) is 75.7 Å². The molecule has 2 aliphatic heterocycles. The average Bonchev–Trinajstić information content (AvgIpc) is 3.33. The normalized spacial score (nSPS) is 14.6. The van der Waals surface area contributed by atoms with E-state index in [1.165, 1.54) is 44.8 Å². The van der Waals surface area contributed by atoms with Crippen molar-refractivity contribution < 1.29 is 27.5 Å². The van der Waals surface area contributed by atoms with Crippen LogP contribution in [0.2, 0.25) is 0 Å². The predicted octanol–water partition coefficient (Wildman–Crippen LogP) is 4.36. The van der Waals surface area contributed by atoms with E-state index in [9.17, 15) is 22.8 Å². The maximum atomic E-state index is 13.5. The molecule has 3 aromatic rings. The first-order chi connectivity index (χ1) is 19.6. The van der Waals surface area contributed by atoms with Crippen LogP contribution in [0.15, 0.2) is 53.4 Å². The van der Waals surface area contributed by atoms with E-state index in [1.807, 2.05) is 24.3 Å². The van der Waals surface area contributed by atoms with Crippen LogP contribution in [0.3, 0.4) is 0 Å². The maximum absolute atomic E-state index is 13.5. The molecule has 0 atom stereocenters. The van der Waals surface area contributed by atoms with E-state index in [4.69, 9.17) is 4.74 Å². The van der Waals surface area contributed by atoms with Crippen LogP contribution in [0, 0.1) is 0 Å². The van der Waals surface area contributed by atoms with Crippen LogP contribution in [0.4, 0.5) is 15.5 Å². The lowest BCUT2D eigenvalue weighted by Crippen LogP contribution is -2.36. The lowest BCUT2D eigenvalue weighted by molar-refractivity contribution is 0.0827. The zero-order valence-corrected chi connectivity index (χ0v) is 24.8. The van der Waals surface area contributed by atoms with Gasteiger partial charge in [0, 0.05) is 37.6 Å². The van der Waals surface area contributed by atoms with Crippen LogP contribution < -0.4 is 9.62 Å². The number of carbonyl (C=O) groups excluding carboxylic acids is 3. The minimum Gasteiger partial charge on any atom is -0.450 e. The second-order valence-corrected chi connectivity index (χ2v) is 13.0. The average molecular weight is 597 g/mol. The minimum absolute atomic E-state index is 0.0971. The number of sulfonamides is 1. The Hall–Kier alpha value is -3.90. The van der Waals surface area contributed by atoms with Crippen molar-refractivity contribution in [2.24, 2.45) is 0 Å². The van der Waals surface area contributed by atoms with Gasteiger partial charge in [0.25, 0.3) is 21.8 Å². The van der Waals surface area contributed by atoms with Gasteiger partial charge in [-0.15, -0.1) is 11.3 Å². The number of amides is 3. The highest BCUT2D eigenvalue weighted by Gasteiger charge is 2.32. The third-order valence-corrected chi connectivity index (χ3v) is 10.2.